The highest BCUT2D eigenvalue weighted by Crippen LogP contribution is 2.34. The quantitative estimate of drug-likeness (QED) is 0.0511. The fraction of sp³-hybridized carbons (Fsp3) is 0.426. The predicted molar refractivity (Wildman–Crippen MR) is 277 cm³/mol. The molecule has 0 spiro atoms. The van der Waals surface area contributed by atoms with Crippen LogP contribution in [0.2, 0.25) is 0 Å². The van der Waals surface area contributed by atoms with Crippen molar-refractivity contribution < 1.29 is 19.4 Å². The number of hydrogen-bond acceptors (Lipinski definition) is 14. The molecule has 0 radical (unpaired) electrons. The molecule has 2 aliphatic carbocycles. The molecule has 0 saturated carbocycles. The number of aryl methyl sites for hydroxylation is 6. The molecule has 0 fully saturated rings. The Bertz CT molecular complexity index is 2760. The molecule has 7 aromatic rings. The van der Waals surface area contributed by atoms with E-state index in [9.17, 15) is 4.79 Å². The molecule has 7 aromatic heterocycles. The van der Waals surface area contributed by atoms with Crippen molar-refractivity contribution in [3.63, 3.8) is 0 Å². The standard InChI is InChI=1S/C22H25N7OS.C12H12BrN3O2.C10H16N4S.C2H6O.CH4/c1-4-29-20(15-7-5-6-8-16(15)27-29)26-22-25-18(12-31-22)17-9-10-19(21(24-17)30-3)28-11-14(2)23-13-28;1-8-6-16(7-14-8)10-4-3-9(11(17)5-13)15-12(10)18-2;1-2-14-9(12-10(11)15)7-5-3-4-6-8(7)13-14;1-2-3;/h9-13H,4-8H2,1-3H3,(H,25,26);3-4,6-7H,5H2,1-2H3;2-6H2,1H3,(H3,11,12,15);3H,2H2,1H3;1H4. The van der Waals surface area contributed by atoms with E-state index in [0.717, 1.165) is 89.7 Å². The van der Waals surface area contributed by atoms with Crippen molar-refractivity contribution in [2.24, 2.45) is 5.73 Å². The summed E-state index contributed by atoms with van der Waals surface area (Å²) in [5, 5.41) is 26.9. The maximum atomic E-state index is 11.5. The van der Waals surface area contributed by atoms with E-state index in [0.29, 0.717) is 22.6 Å². The molecule has 0 bridgehead atoms. The number of methoxy groups -OCH3 is 2. The number of halogens is 1. The number of hydrogen-bond donors (Lipinski definition) is 4. The smallest absolute Gasteiger partial charge is 0.238 e. The topological polar surface area (TPSA) is 216 Å². The minimum atomic E-state index is -0.0818. The van der Waals surface area contributed by atoms with Crippen LogP contribution in [0.5, 0.6) is 11.8 Å². The predicted octanol–water partition coefficient (Wildman–Crippen LogP) is 8.78. The van der Waals surface area contributed by atoms with E-state index in [-0.39, 0.29) is 25.1 Å². The Morgan fingerprint density at radius 1 is 0.794 bits per heavy atom. The molecular formula is C47H63BrN14O4S2. The number of carbonyl (C=O) groups is 1. The Kier molecular flexibility index (Phi) is 19.7. The number of ether oxygens (including phenoxy) is 2. The highest BCUT2D eigenvalue weighted by Gasteiger charge is 2.22. The summed E-state index contributed by atoms with van der Waals surface area (Å²) in [6, 6.07) is 7.42. The van der Waals surface area contributed by atoms with Crippen LogP contribution in [0.15, 0.2) is 54.7 Å². The largest absolute Gasteiger partial charge is 0.479 e. The lowest BCUT2D eigenvalue weighted by atomic mass is 9.97. The first kappa shape index (κ1) is 52.9. The number of nitrogens with zero attached hydrogens (tertiary/aromatic N) is 11. The van der Waals surface area contributed by atoms with E-state index in [1.807, 2.05) is 57.6 Å². The SMILES string of the molecule is C.CCO.CCn1nc2c(c1NC(N)=S)CCCC2.CCn1nc2c(c1Nc1nc(-c3ccc(-n4cnc(C)c4)c(OC)n3)cs1)CCCC2.COc1nc(C(=O)CBr)ccc1-n1cnc(C)c1. The second-order valence-electron chi connectivity index (χ2n) is 15.4. The number of thiazole rings is 1. The number of rotatable bonds is 12. The summed E-state index contributed by atoms with van der Waals surface area (Å²) in [7, 11) is 3.15. The van der Waals surface area contributed by atoms with Crippen LogP contribution in [0.3, 0.4) is 0 Å². The van der Waals surface area contributed by atoms with Gasteiger partial charge < -0.3 is 40.1 Å². The van der Waals surface area contributed by atoms with Gasteiger partial charge in [0.2, 0.25) is 11.8 Å². The number of Topliss-reactive ketones (excluding diaryl/α,β-unsaturated/α-hetero) is 1. The fourth-order valence-electron chi connectivity index (χ4n) is 7.65. The normalized spacial score (nSPS) is 12.3. The van der Waals surface area contributed by atoms with Gasteiger partial charge in [-0.25, -0.2) is 34.3 Å². The van der Waals surface area contributed by atoms with Gasteiger partial charge in [-0.05, 0) is 122 Å². The van der Waals surface area contributed by atoms with Gasteiger partial charge in [-0.15, -0.1) is 11.3 Å². The number of nitrogens with one attached hydrogen (secondary N) is 2. The van der Waals surface area contributed by atoms with Crippen molar-refractivity contribution in [2.75, 3.05) is 36.8 Å². The third kappa shape index (κ3) is 12.9. The van der Waals surface area contributed by atoms with Gasteiger partial charge in [0.15, 0.2) is 16.0 Å². The number of thiocarbonyl (C=S) groups is 1. The van der Waals surface area contributed by atoms with Gasteiger partial charge in [0, 0.05) is 48.6 Å². The van der Waals surface area contributed by atoms with Crippen molar-refractivity contribution in [1.82, 2.24) is 53.6 Å². The number of carbonyl (C=O) groups excluding carboxylic acids is 1. The maximum Gasteiger partial charge on any atom is 0.238 e. The Hall–Kier alpha value is -6.03. The molecule has 2 aliphatic rings. The average Bonchev–Trinajstić information content (AvgIpc) is 4.21. The first-order valence-corrected chi connectivity index (χ1v) is 24.6. The van der Waals surface area contributed by atoms with E-state index < -0.39 is 0 Å². The number of aliphatic hydroxyl groups is 1. The molecule has 18 nitrogen and oxygen atoms in total. The van der Waals surface area contributed by atoms with E-state index in [4.69, 9.17) is 42.6 Å². The van der Waals surface area contributed by atoms with E-state index >= 15 is 0 Å². The third-order valence-corrected chi connectivity index (χ3v) is 12.1. The summed E-state index contributed by atoms with van der Waals surface area (Å²) >= 11 is 9.57. The highest BCUT2D eigenvalue weighted by molar-refractivity contribution is 9.09. The lowest BCUT2D eigenvalue weighted by Gasteiger charge is -2.12. The van der Waals surface area contributed by atoms with Gasteiger partial charge in [-0.2, -0.15) is 10.2 Å². The number of anilines is 3. The van der Waals surface area contributed by atoms with Gasteiger partial charge in [0.25, 0.3) is 0 Å². The minimum absolute atomic E-state index is 0. The third-order valence-electron chi connectivity index (χ3n) is 10.7. The van der Waals surface area contributed by atoms with Crippen LogP contribution in [0.1, 0.15) is 98.3 Å². The van der Waals surface area contributed by atoms with Gasteiger partial charge in [-0.3, -0.25) is 4.79 Å². The van der Waals surface area contributed by atoms with Crippen LogP contribution in [-0.4, -0.2) is 95.8 Å². The zero-order chi connectivity index (χ0) is 48.0. The Labute approximate surface area is 415 Å². The van der Waals surface area contributed by atoms with Gasteiger partial charge >= 0.3 is 0 Å². The molecule has 9 rings (SSSR count). The molecular weight excluding hydrogens is 969 g/mol. The molecule has 0 unspecified atom stereocenters. The first-order chi connectivity index (χ1) is 32.4. The van der Waals surface area contributed by atoms with Crippen molar-refractivity contribution in [3.05, 3.63) is 94.3 Å². The first-order valence-electron chi connectivity index (χ1n) is 22.2. The van der Waals surface area contributed by atoms with Crippen LogP contribution < -0.4 is 25.8 Å². The van der Waals surface area contributed by atoms with Gasteiger partial charge in [0.05, 0.1) is 60.7 Å². The van der Waals surface area contributed by atoms with E-state index in [2.05, 4.69) is 70.1 Å². The molecule has 364 valence electrons. The molecule has 0 saturated heterocycles. The number of imidazole rings is 2. The number of aliphatic hydroxyl groups excluding tert-OH is 1. The van der Waals surface area contributed by atoms with Crippen molar-refractivity contribution >= 4 is 67.1 Å². The summed E-state index contributed by atoms with van der Waals surface area (Å²) in [4.78, 5) is 33.7. The second-order valence-corrected chi connectivity index (χ2v) is 17.3. The number of fused-ring (bicyclic) bond motifs is 2. The number of ketones is 1. The summed E-state index contributed by atoms with van der Waals surface area (Å²) < 4.78 is 18.5. The van der Waals surface area contributed by atoms with E-state index in [1.54, 1.807) is 50.2 Å². The highest BCUT2D eigenvalue weighted by atomic mass is 79.9. The fourth-order valence-corrected chi connectivity index (χ4v) is 8.74. The van der Waals surface area contributed by atoms with Gasteiger partial charge in [0.1, 0.15) is 34.4 Å². The Morgan fingerprint density at radius 3 is 1.81 bits per heavy atom. The zero-order valence-electron chi connectivity index (χ0n) is 39.0. The van der Waals surface area contributed by atoms with Crippen LogP contribution >= 0.6 is 39.5 Å². The molecule has 68 heavy (non-hydrogen) atoms. The number of aromatic nitrogens is 11. The summed E-state index contributed by atoms with van der Waals surface area (Å²) in [5.41, 5.74) is 16.0. The lowest BCUT2D eigenvalue weighted by molar-refractivity contribution is 0.101. The monoisotopic (exact) mass is 1030 g/mol. The molecule has 0 amide bonds. The molecule has 5 N–H and O–H groups in total. The molecule has 0 atom stereocenters. The van der Waals surface area contributed by atoms with Gasteiger partial charge in [-0.1, -0.05) is 23.4 Å². The second kappa shape index (κ2) is 25.4. The average molecular weight is 1030 g/mol. The molecule has 0 aliphatic heterocycles. The molecule has 0 aromatic carbocycles. The number of alkyl halides is 1. The maximum absolute atomic E-state index is 11.5. The van der Waals surface area contributed by atoms with Crippen LogP contribution in [-0.2, 0) is 38.8 Å². The summed E-state index contributed by atoms with van der Waals surface area (Å²) in [6.07, 6.45) is 16.5. The zero-order valence-corrected chi connectivity index (χ0v) is 42.3. The summed E-state index contributed by atoms with van der Waals surface area (Å²) in [6.45, 7) is 11.7. The molecule has 21 heteroatoms. The van der Waals surface area contributed by atoms with Crippen molar-refractivity contribution in [2.45, 2.75) is 107 Å². The van der Waals surface area contributed by atoms with Crippen LogP contribution in [0.25, 0.3) is 22.8 Å². The van der Waals surface area contributed by atoms with E-state index in [1.165, 1.54) is 55.3 Å². The van der Waals surface area contributed by atoms with Crippen LogP contribution in [0, 0.1) is 13.8 Å². The van der Waals surface area contributed by atoms with Crippen molar-refractivity contribution in [3.8, 4) is 34.5 Å². The Morgan fingerprint density at radius 2 is 1.31 bits per heavy atom. The Balaban J connectivity index is 0.000000199. The lowest BCUT2D eigenvalue weighted by Crippen LogP contribution is -2.22. The molecule has 7 heterocycles. The summed E-state index contributed by atoms with van der Waals surface area (Å²) in [5.74, 6) is 2.94. The number of pyridine rings is 2. The van der Waals surface area contributed by atoms with Crippen LogP contribution in [0.4, 0.5) is 16.8 Å². The van der Waals surface area contributed by atoms with Crippen molar-refractivity contribution in [1.29, 1.82) is 0 Å². The minimum Gasteiger partial charge on any atom is -0.479 e. The number of nitrogens with two attached hydrogens (primary N) is 1.